The third kappa shape index (κ3) is 4.69. The summed E-state index contributed by atoms with van der Waals surface area (Å²) in [6.07, 6.45) is 1.80. The minimum Gasteiger partial charge on any atom is -0.495 e. The molecule has 0 heterocycles. The Bertz CT molecular complexity index is 544. The number of hydrogen-bond acceptors (Lipinski definition) is 4. The Morgan fingerprint density at radius 2 is 2.00 bits per heavy atom. The molecule has 0 amide bonds. The van der Waals surface area contributed by atoms with E-state index in [1.54, 1.807) is 19.2 Å². The van der Waals surface area contributed by atoms with Gasteiger partial charge in [-0.15, -0.1) is 0 Å². The maximum absolute atomic E-state index is 12.7. The van der Waals surface area contributed by atoms with Gasteiger partial charge in [0.05, 0.1) is 7.11 Å². The molecule has 120 valence electrons. The molecule has 0 unspecified atom stereocenters. The fourth-order valence-electron chi connectivity index (χ4n) is 1.97. The van der Waals surface area contributed by atoms with Gasteiger partial charge in [0.15, 0.2) is 0 Å². The molecule has 0 atom stereocenters. The number of benzene rings is 1. The van der Waals surface area contributed by atoms with Crippen molar-refractivity contribution in [3.05, 3.63) is 23.8 Å². The van der Waals surface area contributed by atoms with Crippen LogP contribution in [0.2, 0.25) is 0 Å². The summed E-state index contributed by atoms with van der Waals surface area (Å²) in [5.74, 6) is 0.388. The monoisotopic (exact) mass is 314 g/mol. The minimum atomic E-state index is -3.52. The number of nitrogens with one attached hydrogen (secondary N) is 1. The number of methoxy groups -OCH3 is 1. The Morgan fingerprint density at radius 3 is 2.57 bits per heavy atom. The Hall–Kier alpha value is -1.11. The lowest BCUT2D eigenvalue weighted by molar-refractivity contribution is 0.397. The van der Waals surface area contributed by atoms with E-state index in [2.05, 4.69) is 5.32 Å². The smallest absolute Gasteiger partial charge is 0.246 e. The normalized spacial score (nSPS) is 11.9. The summed E-state index contributed by atoms with van der Waals surface area (Å²) in [7, 11) is -0.418. The van der Waals surface area contributed by atoms with Crippen molar-refractivity contribution in [1.82, 2.24) is 9.62 Å². The molecule has 1 aromatic rings. The molecule has 5 nitrogen and oxygen atoms in total. The van der Waals surface area contributed by atoms with Gasteiger partial charge in [-0.25, -0.2) is 12.7 Å². The standard InChI is InChI=1S/C15H26N2O3S/c1-5-7-10-17(3)21(18,19)15-11-13(12-16-6-2)8-9-14(15)20-4/h8-9,11,16H,5-7,10,12H2,1-4H3. The maximum atomic E-state index is 12.7. The molecule has 1 rings (SSSR count). The van der Waals surface area contributed by atoms with E-state index in [9.17, 15) is 8.42 Å². The van der Waals surface area contributed by atoms with Crippen LogP contribution in [-0.2, 0) is 16.6 Å². The highest BCUT2D eigenvalue weighted by Crippen LogP contribution is 2.27. The van der Waals surface area contributed by atoms with Crippen LogP contribution in [0.15, 0.2) is 23.1 Å². The van der Waals surface area contributed by atoms with Crippen molar-refractivity contribution < 1.29 is 13.2 Å². The number of hydrogen-bond donors (Lipinski definition) is 1. The number of nitrogens with zero attached hydrogens (tertiary/aromatic N) is 1. The highest BCUT2D eigenvalue weighted by atomic mass is 32.2. The summed E-state index contributed by atoms with van der Waals surface area (Å²) < 4.78 is 32.0. The van der Waals surface area contributed by atoms with Crippen molar-refractivity contribution in [2.45, 2.75) is 38.1 Å². The molecular formula is C15H26N2O3S. The second-order valence-electron chi connectivity index (χ2n) is 4.95. The Kier molecular flexibility index (Phi) is 7.14. The Balaban J connectivity index is 3.12. The van der Waals surface area contributed by atoms with Crippen molar-refractivity contribution in [2.24, 2.45) is 0 Å². The van der Waals surface area contributed by atoms with Gasteiger partial charge in [0.25, 0.3) is 0 Å². The number of rotatable bonds is 9. The summed E-state index contributed by atoms with van der Waals surface area (Å²) in [6.45, 7) is 6.05. The summed E-state index contributed by atoms with van der Waals surface area (Å²) in [4.78, 5) is 0.235. The molecule has 0 saturated carbocycles. The van der Waals surface area contributed by atoms with Crippen molar-refractivity contribution in [2.75, 3.05) is 27.2 Å². The second-order valence-corrected chi connectivity index (χ2v) is 6.96. The van der Waals surface area contributed by atoms with Gasteiger partial charge in [-0.2, -0.15) is 0 Å². The molecule has 0 radical (unpaired) electrons. The van der Waals surface area contributed by atoms with E-state index in [4.69, 9.17) is 4.74 Å². The molecule has 0 spiro atoms. The summed E-state index contributed by atoms with van der Waals surface area (Å²) in [5, 5.41) is 3.19. The van der Waals surface area contributed by atoms with Gasteiger partial charge in [-0.05, 0) is 30.7 Å². The lowest BCUT2D eigenvalue weighted by Gasteiger charge is -2.19. The van der Waals surface area contributed by atoms with Crippen molar-refractivity contribution >= 4 is 10.0 Å². The average Bonchev–Trinajstić information content (AvgIpc) is 2.50. The summed E-state index contributed by atoms with van der Waals surface area (Å²) in [6, 6.07) is 5.29. The van der Waals surface area contributed by atoms with Crippen LogP contribution in [0.25, 0.3) is 0 Å². The van der Waals surface area contributed by atoms with Crippen LogP contribution in [0, 0.1) is 0 Å². The molecule has 0 bridgehead atoms. The zero-order chi connectivity index (χ0) is 15.9. The highest BCUT2D eigenvalue weighted by Gasteiger charge is 2.24. The minimum absolute atomic E-state index is 0.235. The fraction of sp³-hybridized carbons (Fsp3) is 0.600. The Morgan fingerprint density at radius 1 is 1.29 bits per heavy atom. The largest absolute Gasteiger partial charge is 0.495 e. The number of ether oxygens (including phenoxy) is 1. The van der Waals surface area contributed by atoms with Crippen LogP contribution < -0.4 is 10.1 Å². The van der Waals surface area contributed by atoms with Gasteiger partial charge in [-0.3, -0.25) is 0 Å². The van der Waals surface area contributed by atoms with Crippen molar-refractivity contribution in [3.63, 3.8) is 0 Å². The SMILES string of the molecule is CCCCN(C)S(=O)(=O)c1cc(CNCC)ccc1OC. The average molecular weight is 314 g/mol. The van der Waals surface area contributed by atoms with Crippen molar-refractivity contribution in [1.29, 1.82) is 0 Å². The van der Waals surface area contributed by atoms with Crippen molar-refractivity contribution in [3.8, 4) is 5.75 Å². The number of sulfonamides is 1. The first-order valence-corrected chi connectivity index (χ1v) is 8.75. The molecule has 0 aliphatic rings. The van der Waals surface area contributed by atoms with E-state index in [1.165, 1.54) is 11.4 Å². The zero-order valence-corrected chi connectivity index (χ0v) is 14.2. The lowest BCUT2D eigenvalue weighted by atomic mass is 10.2. The first-order valence-electron chi connectivity index (χ1n) is 7.31. The molecule has 1 aromatic carbocycles. The topological polar surface area (TPSA) is 58.6 Å². The number of unbranched alkanes of at least 4 members (excludes halogenated alkanes) is 1. The van der Waals surface area contributed by atoms with E-state index in [0.717, 1.165) is 24.9 Å². The van der Waals surface area contributed by atoms with Crippen LogP contribution in [0.5, 0.6) is 5.75 Å². The van der Waals surface area contributed by atoms with Gasteiger partial charge >= 0.3 is 0 Å². The first kappa shape index (κ1) is 17.9. The highest BCUT2D eigenvalue weighted by molar-refractivity contribution is 7.89. The lowest BCUT2D eigenvalue weighted by Crippen LogP contribution is -2.28. The van der Waals surface area contributed by atoms with Crippen LogP contribution in [0.4, 0.5) is 0 Å². The molecular weight excluding hydrogens is 288 g/mol. The molecule has 0 aliphatic carbocycles. The van der Waals surface area contributed by atoms with Gasteiger partial charge < -0.3 is 10.1 Å². The van der Waals surface area contributed by atoms with Gasteiger partial charge in [0, 0.05) is 20.1 Å². The van der Waals surface area contributed by atoms with Crippen LogP contribution in [0.1, 0.15) is 32.3 Å². The quantitative estimate of drug-likeness (QED) is 0.759. The molecule has 0 fully saturated rings. The molecule has 0 aliphatic heterocycles. The first-order chi connectivity index (χ1) is 9.97. The third-order valence-electron chi connectivity index (χ3n) is 3.32. The van der Waals surface area contributed by atoms with Gasteiger partial charge in [-0.1, -0.05) is 26.3 Å². The molecule has 6 heteroatoms. The van der Waals surface area contributed by atoms with Crippen LogP contribution >= 0.6 is 0 Å². The predicted molar refractivity (Wildman–Crippen MR) is 85.1 cm³/mol. The Labute approximate surface area is 128 Å². The van der Waals surface area contributed by atoms with E-state index in [1.807, 2.05) is 19.9 Å². The third-order valence-corrected chi connectivity index (χ3v) is 5.20. The molecule has 0 aromatic heterocycles. The predicted octanol–water partition coefficient (Wildman–Crippen LogP) is 2.23. The summed E-state index contributed by atoms with van der Waals surface area (Å²) in [5.41, 5.74) is 0.931. The van der Waals surface area contributed by atoms with E-state index >= 15 is 0 Å². The van der Waals surface area contributed by atoms with Crippen LogP contribution in [0.3, 0.4) is 0 Å². The van der Waals surface area contributed by atoms with E-state index in [-0.39, 0.29) is 4.90 Å². The maximum Gasteiger partial charge on any atom is 0.246 e. The summed E-state index contributed by atoms with van der Waals surface area (Å²) >= 11 is 0. The molecule has 1 N–H and O–H groups in total. The molecule has 21 heavy (non-hydrogen) atoms. The van der Waals surface area contributed by atoms with Crippen LogP contribution in [-0.4, -0.2) is 40.0 Å². The van der Waals surface area contributed by atoms with Gasteiger partial charge in [0.1, 0.15) is 10.6 Å². The van der Waals surface area contributed by atoms with E-state index in [0.29, 0.717) is 18.8 Å². The zero-order valence-electron chi connectivity index (χ0n) is 13.3. The van der Waals surface area contributed by atoms with E-state index < -0.39 is 10.0 Å². The fourth-order valence-corrected chi connectivity index (χ4v) is 3.38. The second kappa shape index (κ2) is 8.36. The van der Waals surface area contributed by atoms with Gasteiger partial charge in [0.2, 0.25) is 10.0 Å². The molecule has 0 saturated heterocycles.